The standard InChI is InChI=1S/C33H35N5O5/c1-21-19-27-28(20-26(21)33(42)43-3)36-32(41)29(27)30(23-7-5-4-6-8-23)35-25-11-9-24(10-12-25)31(40)34-13-14-37-15-17-38(18-16-37)22(2)39/h4-12,19-20,35H,13-18H2,1-3H3,(H,34,40)(H,36,41)/b30-29-. The van der Waals surface area contributed by atoms with Crippen LogP contribution in [0.25, 0.3) is 11.3 Å². The van der Waals surface area contributed by atoms with Crippen LogP contribution in [0.15, 0.2) is 66.7 Å². The predicted molar refractivity (Wildman–Crippen MR) is 165 cm³/mol. The molecule has 10 heteroatoms. The number of fused-ring (bicyclic) bond motifs is 1. The molecule has 0 radical (unpaired) electrons. The van der Waals surface area contributed by atoms with Gasteiger partial charge in [0.25, 0.3) is 11.8 Å². The van der Waals surface area contributed by atoms with Crippen molar-refractivity contribution in [2.24, 2.45) is 0 Å². The van der Waals surface area contributed by atoms with Crippen LogP contribution < -0.4 is 16.0 Å². The Morgan fingerprint density at radius 2 is 1.63 bits per heavy atom. The monoisotopic (exact) mass is 581 g/mol. The van der Waals surface area contributed by atoms with Crippen molar-refractivity contribution in [3.63, 3.8) is 0 Å². The number of carbonyl (C=O) groups excluding carboxylic acids is 4. The third kappa shape index (κ3) is 6.60. The van der Waals surface area contributed by atoms with Gasteiger partial charge in [-0.3, -0.25) is 19.3 Å². The molecule has 222 valence electrons. The fraction of sp³-hybridized carbons (Fsp3) is 0.273. The summed E-state index contributed by atoms with van der Waals surface area (Å²) < 4.78 is 4.89. The Morgan fingerprint density at radius 1 is 0.930 bits per heavy atom. The number of nitrogens with zero attached hydrogens (tertiary/aromatic N) is 2. The number of anilines is 2. The third-order valence-corrected chi connectivity index (χ3v) is 7.77. The molecule has 0 aliphatic carbocycles. The van der Waals surface area contributed by atoms with E-state index in [9.17, 15) is 19.2 Å². The fourth-order valence-corrected chi connectivity index (χ4v) is 5.35. The van der Waals surface area contributed by atoms with Crippen LogP contribution in [0, 0.1) is 6.92 Å². The second-order valence-electron chi connectivity index (χ2n) is 10.6. The zero-order valence-corrected chi connectivity index (χ0v) is 24.5. The van der Waals surface area contributed by atoms with E-state index in [0.717, 1.165) is 25.2 Å². The van der Waals surface area contributed by atoms with E-state index in [0.29, 0.717) is 64.5 Å². The number of carbonyl (C=O) groups is 4. The van der Waals surface area contributed by atoms with Gasteiger partial charge in [0.1, 0.15) is 0 Å². The number of esters is 1. The molecular weight excluding hydrogens is 546 g/mol. The fourth-order valence-electron chi connectivity index (χ4n) is 5.35. The predicted octanol–water partition coefficient (Wildman–Crippen LogP) is 3.61. The van der Waals surface area contributed by atoms with Crippen LogP contribution in [0.4, 0.5) is 11.4 Å². The van der Waals surface area contributed by atoms with Crippen LogP contribution in [-0.2, 0) is 14.3 Å². The molecule has 0 aromatic heterocycles. The Kier molecular flexibility index (Phi) is 8.87. The van der Waals surface area contributed by atoms with Crippen LogP contribution in [0.1, 0.15) is 44.3 Å². The molecule has 0 saturated carbocycles. The van der Waals surface area contributed by atoms with E-state index in [4.69, 9.17) is 4.74 Å². The van der Waals surface area contributed by atoms with Gasteiger partial charge in [0, 0.05) is 63.0 Å². The topological polar surface area (TPSA) is 120 Å². The lowest BCUT2D eigenvalue weighted by Gasteiger charge is -2.34. The molecule has 0 bridgehead atoms. The molecule has 10 nitrogen and oxygen atoms in total. The number of piperazine rings is 1. The minimum absolute atomic E-state index is 0.0959. The first-order valence-corrected chi connectivity index (χ1v) is 14.2. The van der Waals surface area contributed by atoms with Crippen LogP contribution in [0.5, 0.6) is 0 Å². The molecule has 3 N–H and O–H groups in total. The molecule has 1 saturated heterocycles. The lowest BCUT2D eigenvalue weighted by Crippen LogP contribution is -2.49. The molecule has 5 rings (SSSR count). The second-order valence-corrected chi connectivity index (χ2v) is 10.6. The van der Waals surface area contributed by atoms with Crippen LogP contribution in [0.2, 0.25) is 0 Å². The summed E-state index contributed by atoms with van der Waals surface area (Å²) in [6.45, 7) is 7.63. The average molecular weight is 582 g/mol. The minimum Gasteiger partial charge on any atom is -0.465 e. The number of rotatable bonds is 8. The highest BCUT2D eigenvalue weighted by molar-refractivity contribution is 6.37. The van der Waals surface area contributed by atoms with E-state index in [1.165, 1.54) is 7.11 Å². The zero-order valence-electron chi connectivity index (χ0n) is 24.5. The smallest absolute Gasteiger partial charge is 0.338 e. The number of benzene rings is 3. The first-order chi connectivity index (χ1) is 20.7. The summed E-state index contributed by atoms with van der Waals surface area (Å²) in [6, 6.07) is 20.1. The number of ether oxygens (including phenoxy) is 1. The van der Waals surface area contributed by atoms with E-state index < -0.39 is 5.97 Å². The van der Waals surface area contributed by atoms with E-state index in [1.807, 2.05) is 41.3 Å². The summed E-state index contributed by atoms with van der Waals surface area (Å²) in [4.78, 5) is 53.9. The number of aryl methyl sites for hydroxylation is 1. The molecule has 3 aromatic rings. The molecule has 2 heterocycles. The van der Waals surface area contributed by atoms with Crippen molar-refractivity contribution >= 4 is 46.3 Å². The van der Waals surface area contributed by atoms with Gasteiger partial charge in [-0.1, -0.05) is 30.3 Å². The summed E-state index contributed by atoms with van der Waals surface area (Å²) in [6.07, 6.45) is 0. The van der Waals surface area contributed by atoms with Crippen molar-refractivity contribution in [2.45, 2.75) is 13.8 Å². The second kappa shape index (κ2) is 12.9. The Balaban J connectivity index is 1.32. The molecule has 2 aliphatic rings. The maximum absolute atomic E-state index is 13.3. The highest BCUT2D eigenvalue weighted by Gasteiger charge is 2.30. The number of methoxy groups -OCH3 is 1. The minimum atomic E-state index is -0.468. The maximum atomic E-state index is 13.3. The number of hydrogen-bond acceptors (Lipinski definition) is 7. The van der Waals surface area contributed by atoms with Gasteiger partial charge in [0.05, 0.1) is 29.6 Å². The Labute approximate surface area is 250 Å². The average Bonchev–Trinajstić information content (AvgIpc) is 3.34. The van der Waals surface area contributed by atoms with Crippen molar-refractivity contribution in [1.29, 1.82) is 0 Å². The number of nitrogens with one attached hydrogen (secondary N) is 3. The van der Waals surface area contributed by atoms with Gasteiger partial charge in [-0.2, -0.15) is 0 Å². The highest BCUT2D eigenvalue weighted by Crippen LogP contribution is 2.39. The lowest BCUT2D eigenvalue weighted by molar-refractivity contribution is -0.130. The van der Waals surface area contributed by atoms with Gasteiger partial charge >= 0.3 is 5.97 Å². The third-order valence-electron chi connectivity index (χ3n) is 7.77. The van der Waals surface area contributed by atoms with Gasteiger partial charge in [-0.15, -0.1) is 0 Å². The molecule has 43 heavy (non-hydrogen) atoms. The Bertz CT molecular complexity index is 1580. The first-order valence-electron chi connectivity index (χ1n) is 14.2. The summed E-state index contributed by atoms with van der Waals surface area (Å²) in [7, 11) is 1.33. The maximum Gasteiger partial charge on any atom is 0.338 e. The molecule has 0 atom stereocenters. The molecule has 0 spiro atoms. The highest BCUT2D eigenvalue weighted by atomic mass is 16.5. The van der Waals surface area contributed by atoms with E-state index in [-0.39, 0.29) is 17.7 Å². The van der Waals surface area contributed by atoms with E-state index >= 15 is 0 Å². The summed E-state index contributed by atoms with van der Waals surface area (Å²) in [5, 5.41) is 9.26. The van der Waals surface area contributed by atoms with Crippen molar-refractivity contribution < 1.29 is 23.9 Å². The molecule has 3 amide bonds. The van der Waals surface area contributed by atoms with Crippen molar-refractivity contribution in [2.75, 3.05) is 57.0 Å². The normalized spacial score (nSPS) is 15.8. The first kappa shape index (κ1) is 29.5. The largest absolute Gasteiger partial charge is 0.465 e. The SMILES string of the molecule is COC(=O)c1cc2c(cc1C)/C(=C(/Nc1ccc(C(=O)NCCN3CCN(C(C)=O)CC3)cc1)c1ccccc1)C(=O)N2. The summed E-state index contributed by atoms with van der Waals surface area (Å²) >= 11 is 0. The van der Waals surface area contributed by atoms with Crippen molar-refractivity contribution in [3.05, 3.63) is 94.5 Å². The van der Waals surface area contributed by atoms with Crippen molar-refractivity contribution in [3.8, 4) is 0 Å². The van der Waals surface area contributed by atoms with Gasteiger partial charge in [-0.25, -0.2) is 4.79 Å². The molecule has 2 aliphatic heterocycles. The van der Waals surface area contributed by atoms with Crippen LogP contribution >= 0.6 is 0 Å². The Hall–Kier alpha value is -4.96. The molecular formula is C33H35N5O5. The zero-order chi connectivity index (χ0) is 30.5. The molecule has 0 unspecified atom stereocenters. The summed E-state index contributed by atoms with van der Waals surface area (Å²) in [5.74, 6) is -0.832. The molecule has 3 aromatic carbocycles. The van der Waals surface area contributed by atoms with Gasteiger partial charge in [0.2, 0.25) is 5.91 Å². The van der Waals surface area contributed by atoms with E-state index in [1.54, 1.807) is 44.2 Å². The van der Waals surface area contributed by atoms with Gasteiger partial charge in [0.15, 0.2) is 0 Å². The number of amides is 3. The lowest BCUT2D eigenvalue weighted by atomic mass is 9.96. The molecule has 1 fully saturated rings. The van der Waals surface area contributed by atoms with Crippen molar-refractivity contribution in [1.82, 2.24) is 15.1 Å². The van der Waals surface area contributed by atoms with Gasteiger partial charge in [-0.05, 0) is 54.4 Å². The van der Waals surface area contributed by atoms with Crippen LogP contribution in [-0.4, -0.2) is 79.9 Å². The van der Waals surface area contributed by atoms with E-state index in [2.05, 4.69) is 20.9 Å². The number of hydrogen-bond donors (Lipinski definition) is 3. The van der Waals surface area contributed by atoms with Crippen LogP contribution in [0.3, 0.4) is 0 Å². The van der Waals surface area contributed by atoms with Gasteiger partial charge < -0.3 is 25.6 Å². The summed E-state index contributed by atoms with van der Waals surface area (Å²) in [5.41, 5.74) is 5.39. The Morgan fingerprint density at radius 3 is 2.28 bits per heavy atom. The quantitative estimate of drug-likeness (QED) is 0.275.